The van der Waals surface area contributed by atoms with Gasteiger partial charge < -0.3 is 15.5 Å². The smallest absolute Gasteiger partial charge is 0.334 e. The minimum atomic E-state index is -1.57. The molecular formula is C9H12N2O4S. The minimum absolute atomic E-state index is 0.0939. The predicted octanol–water partition coefficient (Wildman–Crippen LogP) is -0.444. The van der Waals surface area contributed by atoms with Crippen LogP contribution in [0.5, 0.6) is 0 Å². The van der Waals surface area contributed by atoms with Gasteiger partial charge >= 0.3 is 5.97 Å². The zero-order chi connectivity index (χ0) is 12.1. The van der Waals surface area contributed by atoms with E-state index in [2.05, 4.69) is 10.3 Å². The van der Waals surface area contributed by atoms with E-state index in [1.807, 2.05) is 6.92 Å². The first kappa shape index (κ1) is 12.6. The Labute approximate surface area is 95.9 Å². The molecule has 0 saturated carbocycles. The maximum atomic E-state index is 11.3. The molecule has 0 saturated heterocycles. The third-order valence-corrected chi connectivity index (χ3v) is 2.61. The van der Waals surface area contributed by atoms with E-state index >= 15 is 0 Å². The number of carbonyl (C=O) groups is 2. The number of thiazole rings is 1. The van der Waals surface area contributed by atoms with E-state index in [0.717, 1.165) is 5.01 Å². The number of aliphatic carboxylic acids is 1. The molecule has 3 N–H and O–H groups in total. The number of hydrogen-bond acceptors (Lipinski definition) is 5. The molecule has 0 aliphatic rings. The number of rotatable bonds is 5. The molecule has 7 heteroatoms. The lowest BCUT2D eigenvalue weighted by Crippen LogP contribution is -2.37. The Hall–Kier alpha value is -1.47. The zero-order valence-corrected chi connectivity index (χ0v) is 9.45. The number of amides is 1. The highest BCUT2D eigenvalue weighted by Crippen LogP contribution is 2.08. The Morgan fingerprint density at radius 1 is 1.62 bits per heavy atom. The molecule has 0 unspecified atom stereocenters. The van der Waals surface area contributed by atoms with E-state index < -0.39 is 12.1 Å². The van der Waals surface area contributed by atoms with Crippen LogP contribution in [0.2, 0.25) is 0 Å². The lowest BCUT2D eigenvalue weighted by Gasteiger charge is -2.06. The number of nitrogens with zero attached hydrogens (tertiary/aromatic N) is 1. The van der Waals surface area contributed by atoms with Crippen molar-refractivity contribution in [2.24, 2.45) is 0 Å². The van der Waals surface area contributed by atoms with Crippen LogP contribution in [0.15, 0.2) is 5.38 Å². The highest BCUT2D eigenvalue weighted by atomic mass is 32.1. The molecule has 88 valence electrons. The van der Waals surface area contributed by atoms with Crippen LogP contribution < -0.4 is 5.32 Å². The second-order valence-electron chi connectivity index (χ2n) is 3.19. The van der Waals surface area contributed by atoms with Crippen LogP contribution in [0.4, 0.5) is 0 Å². The summed E-state index contributed by atoms with van der Waals surface area (Å²) in [7, 11) is 0. The van der Waals surface area contributed by atoms with Crippen molar-refractivity contribution in [3.05, 3.63) is 16.1 Å². The number of aryl methyl sites for hydroxylation is 1. The van der Waals surface area contributed by atoms with Gasteiger partial charge in [-0.05, 0) is 6.92 Å². The van der Waals surface area contributed by atoms with Crippen LogP contribution >= 0.6 is 11.3 Å². The Morgan fingerprint density at radius 3 is 2.81 bits per heavy atom. The molecule has 0 aromatic carbocycles. The maximum absolute atomic E-state index is 11.3. The van der Waals surface area contributed by atoms with Gasteiger partial charge in [-0.25, -0.2) is 9.78 Å². The fourth-order valence-electron chi connectivity index (χ4n) is 1.01. The molecule has 1 atom stereocenters. The number of aromatic nitrogens is 1. The highest BCUT2D eigenvalue weighted by molar-refractivity contribution is 7.09. The van der Waals surface area contributed by atoms with Gasteiger partial charge in [0.1, 0.15) is 0 Å². The molecule has 16 heavy (non-hydrogen) atoms. The number of hydrogen-bond donors (Lipinski definition) is 3. The number of carboxylic acid groups (broad SMARTS) is 1. The number of aliphatic hydroxyl groups excluding tert-OH is 1. The molecule has 0 bridgehead atoms. The fourth-order valence-corrected chi connectivity index (χ4v) is 1.63. The number of carboxylic acids is 1. The van der Waals surface area contributed by atoms with E-state index in [-0.39, 0.29) is 18.9 Å². The van der Waals surface area contributed by atoms with Gasteiger partial charge in [0, 0.05) is 5.38 Å². The van der Waals surface area contributed by atoms with Crippen molar-refractivity contribution in [3.63, 3.8) is 0 Å². The van der Waals surface area contributed by atoms with Gasteiger partial charge in [-0.2, -0.15) is 0 Å². The Morgan fingerprint density at radius 2 is 2.31 bits per heavy atom. The topological polar surface area (TPSA) is 99.5 Å². The standard InChI is InChI=1S/C9H12N2O4S/c1-5-11-6(4-16-5)2-8(13)10-3-7(12)9(14)15/h4,7,12H,2-3H2,1H3,(H,10,13)(H,14,15)/t7-/m0/s1. The summed E-state index contributed by atoms with van der Waals surface area (Å²) >= 11 is 1.44. The molecule has 1 aromatic rings. The molecule has 0 radical (unpaired) electrons. The lowest BCUT2D eigenvalue weighted by molar-refractivity contribution is -0.146. The summed E-state index contributed by atoms with van der Waals surface area (Å²) in [5, 5.41) is 22.2. The highest BCUT2D eigenvalue weighted by Gasteiger charge is 2.14. The SMILES string of the molecule is Cc1nc(CC(=O)NC[C@H](O)C(=O)O)cs1. The van der Waals surface area contributed by atoms with Crippen molar-refractivity contribution in [2.45, 2.75) is 19.4 Å². The van der Waals surface area contributed by atoms with Crippen LogP contribution in [0.1, 0.15) is 10.7 Å². The number of aliphatic hydroxyl groups is 1. The molecule has 1 rings (SSSR count). The molecule has 0 aliphatic heterocycles. The van der Waals surface area contributed by atoms with E-state index in [1.165, 1.54) is 11.3 Å². The zero-order valence-electron chi connectivity index (χ0n) is 8.64. The van der Waals surface area contributed by atoms with Crippen molar-refractivity contribution >= 4 is 23.2 Å². The first-order valence-electron chi connectivity index (χ1n) is 4.57. The Bertz CT molecular complexity index is 391. The number of nitrogens with one attached hydrogen (secondary N) is 1. The van der Waals surface area contributed by atoms with Crippen molar-refractivity contribution in [1.29, 1.82) is 0 Å². The summed E-state index contributed by atoms with van der Waals surface area (Å²) in [5.41, 5.74) is 0.643. The normalized spacial score (nSPS) is 12.1. The molecule has 1 amide bonds. The van der Waals surface area contributed by atoms with Crippen molar-refractivity contribution in [3.8, 4) is 0 Å². The summed E-state index contributed by atoms with van der Waals surface area (Å²) in [6.07, 6.45) is -1.47. The van der Waals surface area contributed by atoms with Gasteiger partial charge in [-0.1, -0.05) is 0 Å². The molecule has 1 heterocycles. The second kappa shape index (κ2) is 5.57. The van der Waals surface area contributed by atoms with Crippen LogP contribution in [-0.2, 0) is 16.0 Å². The van der Waals surface area contributed by atoms with E-state index in [4.69, 9.17) is 10.2 Å². The average Bonchev–Trinajstić information content (AvgIpc) is 2.60. The average molecular weight is 244 g/mol. The lowest BCUT2D eigenvalue weighted by atomic mass is 10.3. The summed E-state index contributed by atoms with van der Waals surface area (Å²) in [5.74, 6) is -1.71. The van der Waals surface area contributed by atoms with Gasteiger partial charge in [0.05, 0.1) is 23.7 Å². The molecule has 6 nitrogen and oxygen atoms in total. The predicted molar refractivity (Wildman–Crippen MR) is 57.2 cm³/mol. The van der Waals surface area contributed by atoms with Gasteiger partial charge in [-0.3, -0.25) is 4.79 Å². The quantitative estimate of drug-likeness (QED) is 0.652. The first-order valence-corrected chi connectivity index (χ1v) is 5.45. The van der Waals surface area contributed by atoms with Crippen LogP contribution in [-0.4, -0.2) is 39.7 Å². The van der Waals surface area contributed by atoms with Crippen LogP contribution in [0.3, 0.4) is 0 Å². The second-order valence-corrected chi connectivity index (χ2v) is 4.25. The minimum Gasteiger partial charge on any atom is -0.479 e. The third kappa shape index (κ3) is 3.95. The van der Waals surface area contributed by atoms with Gasteiger partial charge in [0.15, 0.2) is 6.10 Å². The summed E-state index contributed by atoms with van der Waals surface area (Å²) in [6, 6.07) is 0. The van der Waals surface area contributed by atoms with Crippen molar-refractivity contribution < 1.29 is 19.8 Å². The monoisotopic (exact) mass is 244 g/mol. The molecule has 0 fully saturated rings. The molecular weight excluding hydrogens is 232 g/mol. The van der Waals surface area contributed by atoms with E-state index in [0.29, 0.717) is 5.69 Å². The van der Waals surface area contributed by atoms with E-state index in [1.54, 1.807) is 5.38 Å². The van der Waals surface area contributed by atoms with E-state index in [9.17, 15) is 9.59 Å². The van der Waals surface area contributed by atoms with Gasteiger partial charge in [-0.15, -0.1) is 11.3 Å². The van der Waals surface area contributed by atoms with Crippen LogP contribution in [0.25, 0.3) is 0 Å². The molecule has 1 aromatic heterocycles. The first-order chi connectivity index (χ1) is 7.49. The van der Waals surface area contributed by atoms with Gasteiger partial charge in [0.2, 0.25) is 5.91 Å². The van der Waals surface area contributed by atoms with Crippen molar-refractivity contribution in [1.82, 2.24) is 10.3 Å². The summed E-state index contributed by atoms with van der Waals surface area (Å²) in [6.45, 7) is 1.54. The number of carbonyl (C=O) groups excluding carboxylic acids is 1. The Kier molecular flexibility index (Phi) is 4.39. The summed E-state index contributed by atoms with van der Waals surface area (Å²) < 4.78 is 0. The van der Waals surface area contributed by atoms with Crippen LogP contribution in [0, 0.1) is 6.92 Å². The van der Waals surface area contributed by atoms with Crippen molar-refractivity contribution in [2.75, 3.05) is 6.54 Å². The molecule has 0 aliphatic carbocycles. The summed E-state index contributed by atoms with van der Waals surface area (Å²) in [4.78, 5) is 25.7. The Balaban J connectivity index is 2.34. The largest absolute Gasteiger partial charge is 0.479 e. The maximum Gasteiger partial charge on any atom is 0.334 e. The third-order valence-electron chi connectivity index (χ3n) is 1.79. The van der Waals surface area contributed by atoms with Gasteiger partial charge in [0.25, 0.3) is 0 Å². The fraction of sp³-hybridized carbons (Fsp3) is 0.444. The molecule has 0 spiro atoms.